The highest BCUT2D eigenvalue weighted by molar-refractivity contribution is 7.88. The third-order valence-corrected chi connectivity index (χ3v) is 3.54. The number of nitrogens with one attached hydrogen (secondary N) is 3. The third-order valence-electron chi connectivity index (χ3n) is 2.81. The van der Waals surface area contributed by atoms with Crippen molar-refractivity contribution in [2.24, 2.45) is 0 Å². The smallest absolute Gasteiger partial charge is 0.273 e. The molecule has 1 aromatic heterocycles. The van der Waals surface area contributed by atoms with E-state index in [1.165, 1.54) is 0 Å². The van der Waals surface area contributed by atoms with Gasteiger partial charge in [0.05, 0.1) is 17.6 Å². The van der Waals surface area contributed by atoms with Crippen LogP contribution in [0.25, 0.3) is 0 Å². The van der Waals surface area contributed by atoms with Crippen LogP contribution in [0.1, 0.15) is 34.9 Å². The zero-order valence-corrected chi connectivity index (χ0v) is 11.4. The summed E-state index contributed by atoms with van der Waals surface area (Å²) in [6, 6.07) is 0. The van der Waals surface area contributed by atoms with Gasteiger partial charge in [0.15, 0.2) is 5.69 Å². The van der Waals surface area contributed by atoms with Gasteiger partial charge >= 0.3 is 0 Å². The van der Waals surface area contributed by atoms with Crippen LogP contribution in [0.2, 0.25) is 0 Å². The van der Waals surface area contributed by atoms with Gasteiger partial charge in [0.25, 0.3) is 5.91 Å². The molecule has 0 bridgehead atoms. The van der Waals surface area contributed by atoms with Gasteiger partial charge in [-0.2, -0.15) is 5.10 Å². The van der Waals surface area contributed by atoms with Gasteiger partial charge in [0, 0.05) is 19.0 Å². The van der Waals surface area contributed by atoms with Crippen molar-refractivity contribution in [1.82, 2.24) is 20.2 Å². The Morgan fingerprint density at radius 2 is 2.16 bits per heavy atom. The highest BCUT2D eigenvalue weighted by Gasteiger charge is 2.30. The van der Waals surface area contributed by atoms with Crippen LogP contribution in [0.3, 0.4) is 0 Å². The number of sulfonamides is 1. The Hall–Kier alpha value is -1.61. The van der Waals surface area contributed by atoms with Crippen LogP contribution in [0.4, 0.5) is 5.69 Å². The Bertz CT molecular complexity index is 576. The Labute approximate surface area is 111 Å². The fraction of sp³-hybridized carbons (Fsp3) is 0.600. The summed E-state index contributed by atoms with van der Waals surface area (Å²) in [6.07, 6.45) is 3.18. The average molecular weight is 287 g/mol. The normalized spacial score (nSPS) is 15.4. The molecule has 0 spiro atoms. The molecule has 0 radical (unpaired) electrons. The van der Waals surface area contributed by atoms with Crippen molar-refractivity contribution < 1.29 is 13.2 Å². The number of rotatable bonds is 6. The number of nitrogens with two attached hydrogens (primary N) is 1. The fourth-order valence-electron chi connectivity index (χ4n) is 1.72. The van der Waals surface area contributed by atoms with Gasteiger partial charge in [0.1, 0.15) is 0 Å². The van der Waals surface area contributed by atoms with Crippen LogP contribution in [0.5, 0.6) is 0 Å². The highest BCUT2D eigenvalue weighted by atomic mass is 32.2. The van der Waals surface area contributed by atoms with E-state index in [1.807, 2.05) is 0 Å². The molecule has 106 valence electrons. The molecule has 1 amide bonds. The molecule has 1 aliphatic rings. The van der Waals surface area contributed by atoms with Gasteiger partial charge < -0.3 is 11.1 Å². The van der Waals surface area contributed by atoms with Crippen molar-refractivity contribution in [2.75, 3.05) is 25.1 Å². The topological polar surface area (TPSA) is 130 Å². The molecule has 0 aliphatic heterocycles. The molecule has 19 heavy (non-hydrogen) atoms. The van der Waals surface area contributed by atoms with Crippen LogP contribution in [-0.4, -0.2) is 43.9 Å². The van der Waals surface area contributed by atoms with E-state index in [0.717, 1.165) is 24.8 Å². The standard InChI is InChI=1S/C10H17N5O3S/c1-19(17,18)13-5-4-12-10(16)9-7(11)8(14-15-9)6-2-3-6/h6,13H,2-5,11H2,1H3,(H,12,16)(H,14,15). The lowest BCUT2D eigenvalue weighted by Crippen LogP contribution is -2.34. The maximum absolute atomic E-state index is 11.8. The number of anilines is 1. The maximum atomic E-state index is 11.8. The second-order valence-electron chi connectivity index (χ2n) is 4.60. The average Bonchev–Trinajstić information content (AvgIpc) is 3.07. The summed E-state index contributed by atoms with van der Waals surface area (Å²) in [6.45, 7) is 0.307. The Morgan fingerprint density at radius 3 is 2.74 bits per heavy atom. The molecule has 0 atom stereocenters. The first-order chi connectivity index (χ1) is 8.88. The predicted molar refractivity (Wildman–Crippen MR) is 70.2 cm³/mol. The Kier molecular flexibility index (Phi) is 3.76. The minimum absolute atomic E-state index is 0.129. The number of hydrogen-bond donors (Lipinski definition) is 4. The number of carbonyl (C=O) groups excluding carboxylic acids is 1. The number of nitrogens with zero attached hydrogens (tertiary/aromatic N) is 1. The predicted octanol–water partition coefficient (Wildman–Crippen LogP) is -0.852. The van der Waals surface area contributed by atoms with Crippen molar-refractivity contribution in [3.8, 4) is 0 Å². The molecule has 0 saturated heterocycles. The van der Waals surface area contributed by atoms with Crippen LogP contribution in [0, 0.1) is 0 Å². The van der Waals surface area contributed by atoms with Gasteiger partial charge in [-0.05, 0) is 12.8 Å². The SMILES string of the molecule is CS(=O)(=O)NCCNC(=O)c1n[nH]c(C2CC2)c1N. The number of aromatic amines is 1. The largest absolute Gasteiger partial charge is 0.395 e. The van der Waals surface area contributed by atoms with Crippen LogP contribution in [-0.2, 0) is 10.0 Å². The number of H-pyrrole nitrogens is 1. The van der Waals surface area contributed by atoms with Crippen molar-refractivity contribution in [2.45, 2.75) is 18.8 Å². The molecule has 1 fully saturated rings. The van der Waals surface area contributed by atoms with Crippen LogP contribution >= 0.6 is 0 Å². The molecule has 1 saturated carbocycles. The van der Waals surface area contributed by atoms with E-state index in [-0.39, 0.29) is 18.8 Å². The summed E-state index contributed by atoms with van der Waals surface area (Å²) in [5, 5.41) is 9.24. The zero-order valence-electron chi connectivity index (χ0n) is 10.6. The first-order valence-electron chi connectivity index (χ1n) is 5.95. The molecule has 0 aromatic carbocycles. The van der Waals surface area contributed by atoms with E-state index in [2.05, 4.69) is 20.2 Å². The molecule has 1 aliphatic carbocycles. The fourth-order valence-corrected chi connectivity index (χ4v) is 2.19. The lowest BCUT2D eigenvalue weighted by molar-refractivity contribution is 0.0950. The first kappa shape index (κ1) is 13.8. The summed E-state index contributed by atoms with van der Waals surface area (Å²) in [4.78, 5) is 11.8. The summed E-state index contributed by atoms with van der Waals surface area (Å²) in [5.41, 5.74) is 7.22. The van der Waals surface area contributed by atoms with Gasteiger partial charge in [-0.3, -0.25) is 9.89 Å². The van der Waals surface area contributed by atoms with Gasteiger partial charge in [-0.15, -0.1) is 0 Å². The zero-order chi connectivity index (χ0) is 14.0. The van der Waals surface area contributed by atoms with Crippen molar-refractivity contribution in [1.29, 1.82) is 0 Å². The third kappa shape index (κ3) is 3.67. The summed E-state index contributed by atoms with van der Waals surface area (Å²) in [5.74, 6) is -0.0168. The van der Waals surface area contributed by atoms with E-state index < -0.39 is 15.9 Å². The first-order valence-corrected chi connectivity index (χ1v) is 7.84. The molecule has 0 unspecified atom stereocenters. The number of hydrogen-bond acceptors (Lipinski definition) is 5. The monoisotopic (exact) mass is 287 g/mol. The minimum Gasteiger partial charge on any atom is -0.395 e. The Balaban J connectivity index is 1.86. The second kappa shape index (κ2) is 5.17. The minimum atomic E-state index is -3.24. The van der Waals surface area contributed by atoms with E-state index in [4.69, 9.17) is 5.73 Å². The molecular weight excluding hydrogens is 270 g/mol. The van der Waals surface area contributed by atoms with Gasteiger partial charge in [0.2, 0.25) is 10.0 Å². The van der Waals surface area contributed by atoms with Crippen LogP contribution < -0.4 is 15.8 Å². The van der Waals surface area contributed by atoms with E-state index in [9.17, 15) is 13.2 Å². The molecule has 9 heteroatoms. The number of amides is 1. The number of aromatic nitrogens is 2. The lowest BCUT2D eigenvalue weighted by atomic mass is 10.2. The molecule has 1 aromatic rings. The highest BCUT2D eigenvalue weighted by Crippen LogP contribution is 2.42. The number of nitrogen functional groups attached to an aromatic ring is 1. The summed E-state index contributed by atoms with van der Waals surface area (Å²) < 4.78 is 23.9. The van der Waals surface area contributed by atoms with Crippen molar-refractivity contribution >= 4 is 21.6 Å². The summed E-state index contributed by atoms with van der Waals surface area (Å²) >= 11 is 0. The van der Waals surface area contributed by atoms with E-state index >= 15 is 0 Å². The van der Waals surface area contributed by atoms with E-state index in [1.54, 1.807) is 0 Å². The lowest BCUT2D eigenvalue weighted by Gasteiger charge is -2.04. The molecule has 2 rings (SSSR count). The maximum Gasteiger partial charge on any atom is 0.273 e. The number of carbonyl (C=O) groups is 1. The molecule has 8 nitrogen and oxygen atoms in total. The van der Waals surface area contributed by atoms with Crippen molar-refractivity contribution in [3.05, 3.63) is 11.4 Å². The van der Waals surface area contributed by atoms with Crippen LogP contribution in [0.15, 0.2) is 0 Å². The van der Waals surface area contributed by atoms with E-state index in [0.29, 0.717) is 11.6 Å². The van der Waals surface area contributed by atoms with Gasteiger partial charge in [-0.1, -0.05) is 0 Å². The van der Waals surface area contributed by atoms with Gasteiger partial charge in [-0.25, -0.2) is 13.1 Å². The molecule has 5 N–H and O–H groups in total. The summed E-state index contributed by atoms with van der Waals surface area (Å²) in [7, 11) is -3.24. The second-order valence-corrected chi connectivity index (χ2v) is 6.43. The quantitative estimate of drug-likeness (QED) is 0.506. The van der Waals surface area contributed by atoms with Crippen molar-refractivity contribution in [3.63, 3.8) is 0 Å². The molecular formula is C10H17N5O3S. The Morgan fingerprint density at radius 1 is 1.47 bits per heavy atom. The molecule has 1 heterocycles.